The zero-order chi connectivity index (χ0) is 18.3. The summed E-state index contributed by atoms with van der Waals surface area (Å²) in [5.74, 6) is 0.838. The zero-order valence-corrected chi connectivity index (χ0v) is 16.2. The number of allylic oxidation sites excluding steroid dienone is 1. The molecule has 2 aromatic carbocycles. The molecule has 1 fully saturated rings. The van der Waals surface area contributed by atoms with Gasteiger partial charge in [0.05, 0.1) is 0 Å². The molecule has 2 bridgehead atoms. The topological polar surface area (TPSA) is 23.5 Å². The van der Waals surface area contributed by atoms with Crippen LogP contribution in [0.25, 0.3) is 0 Å². The molecule has 1 saturated heterocycles. The van der Waals surface area contributed by atoms with E-state index in [0.29, 0.717) is 17.7 Å². The average molecular weight is 368 g/mol. The van der Waals surface area contributed by atoms with E-state index in [9.17, 15) is 5.11 Å². The van der Waals surface area contributed by atoms with E-state index >= 15 is 0 Å². The maximum atomic E-state index is 10.2. The van der Waals surface area contributed by atoms with Gasteiger partial charge in [-0.1, -0.05) is 61.0 Å². The highest BCUT2D eigenvalue weighted by atomic mass is 35.5. The lowest BCUT2D eigenvalue weighted by molar-refractivity contribution is 0.0498. The van der Waals surface area contributed by atoms with Gasteiger partial charge >= 0.3 is 0 Å². The van der Waals surface area contributed by atoms with Gasteiger partial charge in [0, 0.05) is 23.0 Å². The van der Waals surface area contributed by atoms with Gasteiger partial charge in [-0.15, -0.1) is 0 Å². The lowest BCUT2D eigenvalue weighted by Gasteiger charge is -2.56. The van der Waals surface area contributed by atoms with Crippen molar-refractivity contribution >= 4 is 11.6 Å². The summed E-state index contributed by atoms with van der Waals surface area (Å²) in [5.41, 5.74) is 4.02. The molecule has 3 unspecified atom stereocenters. The first-order valence-electron chi connectivity index (χ1n) is 9.46. The van der Waals surface area contributed by atoms with E-state index in [2.05, 4.69) is 54.3 Å². The summed E-state index contributed by atoms with van der Waals surface area (Å²) in [7, 11) is 0. The Bertz CT molecular complexity index is 827. The third-order valence-electron chi connectivity index (χ3n) is 6.52. The second-order valence-corrected chi connectivity index (χ2v) is 8.37. The predicted molar refractivity (Wildman–Crippen MR) is 108 cm³/mol. The summed E-state index contributed by atoms with van der Waals surface area (Å²) in [4.78, 5) is 2.58. The van der Waals surface area contributed by atoms with Crippen LogP contribution in [-0.4, -0.2) is 29.1 Å². The van der Waals surface area contributed by atoms with Crippen molar-refractivity contribution in [1.82, 2.24) is 4.90 Å². The third-order valence-corrected chi connectivity index (χ3v) is 6.67. The molecule has 1 heterocycles. The summed E-state index contributed by atoms with van der Waals surface area (Å²) in [6, 6.07) is 17.3. The quantitative estimate of drug-likeness (QED) is 0.816. The lowest BCUT2D eigenvalue weighted by Crippen LogP contribution is -2.59. The van der Waals surface area contributed by atoms with E-state index in [1.165, 1.54) is 16.7 Å². The Hall–Kier alpha value is -1.77. The molecule has 0 radical (unpaired) electrons. The molecule has 3 atom stereocenters. The minimum atomic E-state index is -0.0333. The van der Waals surface area contributed by atoms with Crippen molar-refractivity contribution in [2.45, 2.75) is 38.1 Å². The predicted octanol–water partition coefficient (Wildman–Crippen LogP) is 5.09. The first-order chi connectivity index (χ1) is 12.5. The second kappa shape index (κ2) is 6.75. The van der Waals surface area contributed by atoms with Crippen LogP contribution in [0.15, 0.2) is 59.6 Å². The van der Waals surface area contributed by atoms with Gasteiger partial charge in [0.1, 0.15) is 5.75 Å². The molecule has 0 amide bonds. The summed E-state index contributed by atoms with van der Waals surface area (Å²) in [5, 5.41) is 11.1. The Morgan fingerprint density at radius 1 is 1.27 bits per heavy atom. The number of benzene rings is 2. The monoisotopic (exact) mass is 367 g/mol. The number of piperidine rings is 1. The van der Waals surface area contributed by atoms with Crippen molar-refractivity contribution in [3.63, 3.8) is 0 Å². The number of fused-ring (bicyclic) bond motifs is 4. The summed E-state index contributed by atoms with van der Waals surface area (Å²) in [6.45, 7) is 6.28. The first kappa shape index (κ1) is 17.6. The summed E-state index contributed by atoms with van der Waals surface area (Å²) in [6.07, 6.45) is 4.21. The molecule has 1 aliphatic heterocycles. The largest absolute Gasteiger partial charge is 0.508 e. The van der Waals surface area contributed by atoms with Gasteiger partial charge in [-0.05, 0) is 61.1 Å². The molecule has 136 valence electrons. The van der Waals surface area contributed by atoms with Crippen molar-refractivity contribution in [2.75, 3.05) is 13.1 Å². The Kier molecular flexibility index (Phi) is 4.58. The van der Waals surface area contributed by atoms with Crippen LogP contribution < -0.4 is 0 Å². The van der Waals surface area contributed by atoms with Crippen molar-refractivity contribution in [2.24, 2.45) is 5.92 Å². The van der Waals surface area contributed by atoms with Gasteiger partial charge in [-0.3, -0.25) is 4.90 Å². The molecule has 2 aromatic rings. The van der Waals surface area contributed by atoms with E-state index in [1.807, 2.05) is 19.1 Å². The fourth-order valence-corrected chi connectivity index (χ4v) is 5.26. The van der Waals surface area contributed by atoms with Crippen LogP contribution in [0.5, 0.6) is 5.75 Å². The second-order valence-electron chi connectivity index (χ2n) is 7.77. The average Bonchev–Trinajstić information content (AvgIpc) is 2.63. The number of rotatable bonds is 3. The highest BCUT2D eigenvalue weighted by molar-refractivity contribution is 6.29. The molecular weight excluding hydrogens is 342 g/mol. The molecule has 0 spiro atoms. The minimum absolute atomic E-state index is 0.0333. The van der Waals surface area contributed by atoms with Gasteiger partial charge in [0.2, 0.25) is 0 Å². The molecule has 2 aliphatic rings. The molecule has 3 heteroatoms. The van der Waals surface area contributed by atoms with Crippen LogP contribution in [0.4, 0.5) is 0 Å². The van der Waals surface area contributed by atoms with Gasteiger partial charge in [-0.2, -0.15) is 0 Å². The maximum absolute atomic E-state index is 10.2. The molecule has 0 aromatic heterocycles. The lowest BCUT2D eigenvalue weighted by atomic mass is 9.55. The molecule has 1 aliphatic carbocycles. The highest BCUT2D eigenvalue weighted by Crippen LogP contribution is 2.53. The molecular formula is C23H26ClNO. The number of likely N-dealkylation sites (tertiary alicyclic amines) is 1. The number of phenols is 1. The van der Waals surface area contributed by atoms with Crippen molar-refractivity contribution < 1.29 is 5.11 Å². The van der Waals surface area contributed by atoms with Crippen LogP contribution in [0.3, 0.4) is 0 Å². The zero-order valence-electron chi connectivity index (χ0n) is 15.5. The van der Waals surface area contributed by atoms with E-state index in [0.717, 1.165) is 31.0 Å². The van der Waals surface area contributed by atoms with Crippen LogP contribution in [0.2, 0.25) is 0 Å². The Balaban J connectivity index is 1.84. The van der Waals surface area contributed by atoms with E-state index < -0.39 is 0 Å². The number of aromatic hydroxyl groups is 1. The van der Waals surface area contributed by atoms with Crippen LogP contribution in [-0.2, 0) is 11.8 Å². The van der Waals surface area contributed by atoms with Crippen molar-refractivity contribution in [3.8, 4) is 5.75 Å². The normalized spacial score (nSPS) is 28.7. The summed E-state index contributed by atoms with van der Waals surface area (Å²) >= 11 is 6.10. The van der Waals surface area contributed by atoms with Gasteiger partial charge < -0.3 is 5.11 Å². The van der Waals surface area contributed by atoms with E-state index in [-0.39, 0.29) is 5.41 Å². The Morgan fingerprint density at radius 3 is 2.77 bits per heavy atom. The van der Waals surface area contributed by atoms with Crippen LogP contribution >= 0.6 is 11.6 Å². The maximum Gasteiger partial charge on any atom is 0.115 e. The fraction of sp³-hybridized carbons (Fsp3) is 0.391. The number of nitrogens with zero attached hydrogens (tertiary/aromatic N) is 1. The van der Waals surface area contributed by atoms with Crippen molar-refractivity contribution in [3.05, 3.63) is 76.3 Å². The SMILES string of the molecule is C/C(Cl)=C\CN1CCC2(c3ccccc3)c3cc(O)ccc3CC1C2C. The van der Waals surface area contributed by atoms with Gasteiger partial charge in [0.25, 0.3) is 0 Å². The van der Waals surface area contributed by atoms with Crippen LogP contribution in [0, 0.1) is 5.92 Å². The Morgan fingerprint density at radius 2 is 2.04 bits per heavy atom. The molecule has 26 heavy (non-hydrogen) atoms. The Labute approximate surface area is 161 Å². The third kappa shape index (κ3) is 2.76. The molecule has 1 N–H and O–H groups in total. The highest BCUT2D eigenvalue weighted by Gasteiger charge is 2.51. The molecule has 4 rings (SSSR count). The van der Waals surface area contributed by atoms with Gasteiger partial charge in [-0.25, -0.2) is 0 Å². The number of halogens is 1. The van der Waals surface area contributed by atoms with Crippen molar-refractivity contribution in [1.29, 1.82) is 0 Å². The standard InChI is InChI=1S/C23H26ClNO/c1-16(24)10-12-25-13-11-23(19-6-4-3-5-7-19)17(2)22(25)14-18-8-9-20(26)15-21(18)23/h3-10,15,17,22,26H,11-14H2,1-2H3/b16-10+. The minimum Gasteiger partial charge on any atom is -0.508 e. The van der Waals surface area contributed by atoms with E-state index in [1.54, 1.807) is 0 Å². The molecule has 0 saturated carbocycles. The first-order valence-corrected chi connectivity index (χ1v) is 9.84. The summed E-state index contributed by atoms with van der Waals surface area (Å²) < 4.78 is 0. The number of hydrogen-bond acceptors (Lipinski definition) is 2. The van der Waals surface area contributed by atoms with E-state index in [4.69, 9.17) is 11.6 Å². The smallest absolute Gasteiger partial charge is 0.115 e. The fourth-order valence-electron chi connectivity index (χ4n) is 5.19. The number of hydrogen-bond donors (Lipinski definition) is 1. The van der Waals surface area contributed by atoms with Crippen LogP contribution in [0.1, 0.15) is 37.0 Å². The number of phenolic OH excluding ortho intramolecular Hbond substituents is 1. The van der Waals surface area contributed by atoms with Gasteiger partial charge in [0.15, 0.2) is 0 Å². The molecule has 2 nitrogen and oxygen atoms in total.